The molecule has 0 bridgehead atoms. The molecule has 0 saturated carbocycles. The third-order valence-electron chi connectivity index (χ3n) is 6.20. The van der Waals surface area contributed by atoms with Gasteiger partial charge in [0, 0.05) is 37.8 Å². The molecule has 4 rings (SSSR count). The van der Waals surface area contributed by atoms with Crippen LogP contribution < -0.4 is 9.64 Å². The smallest absolute Gasteiger partial charge is 0.151 e. The Balaban J connectivity index is 1.37. The maximum Gasteiger partial charge on any atom is 0.151 e. The van der Waals surface area contributed by atoms with Gasteiger partial charge in [-0.05, 0) is 49.9 Å². The van der Waals surface area contributed by atoms with Gasteiger partial charge in [-0.1, -0.05) is 12.1 Å². The molecule has 6 nitrogen and oxygen atoms in total. The number of piperidine rings is 1. The largest absolute Gasteiger partial charge is 0.496 e. The van der Waals surface area contributed by atoms with Crippen LogP contribution in [0, 0.1) is 5.92 Å². The molecule has 1 atom stereocenters. The molecule has 2 aliphatic heterocycles. The molecule has 1 aromatic heterocycles. The summed E-state index contributed by atoms with van der Waals surface area (Å²) in [5, 5.41) is 8.97. The number of para-hydroxylation sites is 1. The van der Waals surface area contributed by atoms with Crippen LogP contribution in [0.5, 0.6) is 5.75 Å². The van der Waals surface area contributed by atoms with E-state index >= 15 is 0 Å². The molecule has 0 N–H and O–H groups in total. The van der Waals surface area contributed by atoms with Crippen LogP contribution in [0.25, 0.3) is 11.3 Å². The van der Waals surface area contributed by atoms with E-state index in [2.05, 4.69) is 33.0 Å². The highest BCUT2D eigenvalue weighted by molar-refractivity contribution is 5.67. The fourth-order valence-electron chi connectivity index (χ4n) is 4.39. The monoisotopic (exact) mass is 382 g/mol. The third kappa shape index (κ3) is 4.13. The number of aromatic nitrogens is 2. The quantitative estimate of drug-likeness (QED) is 0.792. The summed E-state index contributed by atoms with van der Waals surface area (Å²) in [5.41, 5.74) is 1.82. The van der Waals surface area contributed by atoms with E-state index in [0.29, 0.717) is 6.04 Å². The normalized spacial score (nSPS) is 20.1. The maximum atomic E-state index is 5.50. The summed E-state index contributed by atoms with van der Waals surface area (Å²) in [6, 6.07) is 12.7. The van der Waals surface area contributed by atoms with Gasteiger partial charge in [-0.15, -0.1) is 10.2 Å². The van der Waals surface area contributed by atoms with Crippen LogP contribution in [0.3, 0.4) is 0 Å². The Hall–Kier alpha value is -2.18. The molecule has 3 heterocycles. The van der Waals surface area contributed by atoms with Gasteiger partial charge in [0.25, 0.3) is 0 Å². The van der Waals surface area contributed by atoms with Crippen molar-refractivity contribution in [2.24, 2.45) is 5.92 Å². The van der Waals surface area contributed by atoms with Crippen molar-refractivity contribution in [3.8, 4) is 17.0 Å². The van der Waals surface area contributed by atoms with Crippen LogP contribution in [0.15, 0.2) is 36.4 Å². The first-order valence-corrected chi connectivity index (χ1v) is 10.3. The summed E-state index contributed by atoms with van der Waals surface area (Å²) in [4.78, 5) is 4.95. The first-order valence-electron chi connectivity index (χ1n) is 10.3. The van der Waals surface area contributed by atoms with Gasteiger partial charge in [-0.3, -0.25) is 4.90 Å². The molecule has 2 fully saturated rings. The van der Waals surface area contributed by atoms with Crippen LogP contribution >= 0.6 is 0 Å². The van der Waals surface area contributed by atoms with E-state index in [1.807, 2.05) is 30.3 Å². The van der Waals surface area contributed by atoms with Crippen molar-refractivity contribution < 1.29 is 9.47 Å². The zero-order chi connectivity index (χ0) is 19.3. The molecule has 1 aromatic carbocycles. The van der Waals surface area contributed by atoms with Crippen LogP contribution in [-0.2, 0) is 4.74 Å². The number of ether oxygens (including phenoxy) is 2. The number of rotatable bonds is 5. The number of nitrogens with zero attached hydrogens (tertiary/aromatic N) is 4. The Labute approximate surface area is 167 Å². The predicted octanol–water partition coefficient (Wildman–Crippen LogP) is 3.09. The number of anilines is 1. The number of methoxy groups -OCH3 is 1. The lowest BCUT2D eigenvalue weighted by atomic mass is 9.89. The lowest BCUT2D eigenvalue weighted by molar-refractivity contribution is 0.00447. The molecule has 0 amide bonds. The van der Waals surface area contributed by atoms with E-state index in [1.165, 1.54) is 12.8 Å². The van der Waals surface area contributed by atoms with Gasteiger partial charge in [-0.25, -0.2) is 0 Å². The summed E-state index contributed by atoms with van der Waals surface area (Å²) in [7, 11) is 1.68. The van der Waals surface area contributed by atoms with Gasteiger partial charge >= 0.3 is 0 Å². The molecular formula is C22H30N4O2. The van der Waals surface area contributed by atoms with Crippen molar-refractivity contribution in [2.45, 2.75) is 25.8 Å². The molecular weight excluding hydrogens is 352 g/mol. The lowest BCUT2D eigenvalue weighted by Gasteiger charge is -2.41. The van der Waals surface area contributed by atoms with E-state index in [-0.39, 0.29) is 0 Å². The Morgan fingerprint density at radius 1 is 1.00 bits per heavy atom. The summed E-state index contributed by atoms with van der Waals surface area (Å²) in [6.07, 6.45) is 2.41. The minimum atomic E-state index is 0.630. The summed E-state index contributed by atoms with van der Waals surface area (Å²) in [5.74, 6) is 2.54. The number of hydrogen-bond donors (Lipinski definition) is 0. The number of hydrogen-bond acceptors (Lipinski definition) is 6. The Morgan fingerprint density at radius 3 is 2.43 bits per heavy atom. The molecule has 28 heavy (non-hydrogen) atoms. The second-order valence-electron chi connectivity index (χ2n) is 7.69. The van der Waals surface area contributed by atoms with E-state index in [4.69, 9.17) is 9.47 Å². The minimum absolute atomic E-state index is 0.630. The lowest BCUT2D eigenvalue weighted by Crippen LogP contribution is -2.48. The minimum Gasteiger partial charge on any atom is -0.496 e. The SMILES string of the molecule is COc1ccccc1-c1ccc(N2CCC([C@@H](C)N3CCOCC3)CC2)nn1. The standard InChI is InChI=1S/C22H30N4O2/c1-17(25-13-15-28-16-14-25)18-9-11-26(12-10-18)22-8-7-20(23-24-22)19-5-3-4-6-21(19)27-2/h3-8,17-18H,9-16H2,1-2H3/t17-/m1/s1. The third-order valence-corrected chi connectivity index (χ3v) is 6.20. The average Bonchev–Trinajstić information content (AvgIpc) is 2.79. The van der Waals surface area contributed by atoms with Crippen molar-refractivity contribution in [2.75, 3.05) is 51.4 Å². The van der Waals surface area contributed by atoms with Crippen LogP contribution in [0.1, 0.15) is 19.8 Å². The van der Waals surface area contributed by atoms with Gasteiger partial charge in [-0.2, -0.15) is 0 Å². The first-order chi connectivity index (χ1) is 13.8. The second-order valence-corrected chi connectivity index (χ2v) is 7.69. The van der Waals surface area contributed by atoms with Crippen LogP contribution in [0.4, 0.5) is 5.82 Å². The Kier molecular flexibility index (Phi) is 6.07. The second kappa shape index (κ2) is 8.88. The van der Waals surface area contributed by atoms with Crippen molar-refractivity contribution in [3.05, 3.63) is 36.4 Å². The topological polar surface area (TPSA) is 50.7 Å². The molecule has 2 aromatic rings. The van der Waals surface area contributed by atoms with Crippen molar-refractivity contribution in [1.82, 2.24) is 15.1 Å². The highest BCUT2D eigenvalue weighted by Gasteiger charge is 2.29. The highest BCUT2D eigenvalue weighted by atomic mass is 16.5. The van der Waals surface area contributed by atoms with Gasteiger partial charge in [0.05, 0.1) is 26.0 Å². The molecule has 6 heteroatoms. The van der Waals surface area contributed by atoms with Crippen molar-refractivity contribution >= 4 is 5.82 Å². The first kappa shape index (κ1) is 19.2. The Morgan fingerprint density at radius 2 is 1.75 bits per heavy atom. The van der Waals surface area contributed by atoms with E-state index in [1.54, 1.807) is 7.11 Å². The molecule has 0 spiro atoms. The molecule has 150 valence electrons. The fraction of sp³-hybridized carbons (Fsp3) is 0.545. The van der Waals surface area contributed by atoms with Gasteiger partial charge in [0.2, 0.25) is 0 Å². The predicted molar refractivity (Wildman–Crippen MR) is 111 cm³/mol. The average molecular weight is 383 g/mol. The van der Waals surface area contributed by atoms with Gasteiger partial charge < -0.3 is 14.4 Å². The number of benzene rings is 1. The van der Waals surface area contributed by atoms with Crippen molar-refractivity contribution in [3.63, 3.8) is 0 Å². The van der Waals surface area contributed by atoms with Gasteiger partial charge in [0.1, 0.15) is 5.75 Å². The summed E-state index contributed by atoms with van der Waals surface area (Å²) < 4.78 is 10.9. The zero-order valence-corrected chi connectivity index (χ0v) is 16.9. The Bertz CT molecular complexity index is 753. The number of morpholine rings is 1. The van der Waals surface area contributed by atoms with Crippen LogP contribution in [0.2, 0.25) is 0 Å². The van der Waals surface area contributed by atoms with Gasteiger partial charge in [0.15, 0.2) is 5.82 Å². The molecule has 0 unspecified atom stereocenters. The van der Waals surface area contributed by atoms with E-state index in [9.17, 15) is 0 Å². The molecule has 2 saturated heterocycles. The molecule has 0 radical (unpaired) electrons. The van der Waals surface area contributed by atoms with Crippen LogP contribution in [-0.4, -0.2) is 67.6 Å². The summed E-state index contributed by atoms with van der Waals surface area (Å²) >= 11 is 0. The summed E-state index contributed by atoms with van der Waals surface area (Å²) in [6.45, 7) is 8.35. The van der Waals surface area contributed by atoms with E-state index in [0.717, 1.165) is 68.1 Å². The van der Waals surface area contributed by atoms with E-state index < -0.39 is 0 Å². The molecule has 0 aliphatic carbocycles. The van der Waals surface area contributed by atoms with Crippen molar-refractivity contribution in [1.29, 1.82) is 0 Å². The molecule has 2 aliphatic rings. The highest BCUT2D eigenvalue weighted by Crippen LogP contribution is 2.30. The maximum absolute atomic E-state index is 5.50. The fourth-order valence-corrected chi connectivity index (χ4v) is 4.39. The zero-order valence-electron chi connectivity index (χ0n) is 16.9.